The molecule has 0 atom stereocenters. The van der Waals surface area contributed by atoms with Crippen LogP contribution in [0.25, 0.3) is 0 Å². The summed E-state index contributed by atoms with van der Waals surface area (Å²) in [5.74, 6) is -0.258. The second kappa shape index (κ2) is 6.26. The van der Waals surface area contributed by atoms with Crippen LogP contribution in [0.15, 0.2) is 6.07 Å². The van der Waals surface area contributed by atoms with Crippen molar-refractivity contribution in [2.24, 2.45) is 0 Å². The van der Waals surface area contributed by atoms with Crippen molar-refractivity contribution >= 4 is 83.0 Å². The highest BCUT2D eigenvalue weighted by molar-refractivity contribution is 14.1. The van der Waals surface area contributed by atoms with Gasteiger partial charge in [0.1, 0.15) is 10.9 Å². The molecule has 0 saturated carbocycles. The van der Waals surface area contributed by atoms with Crippen molar-refractivity contribution in [2.45, 2.75) is 18.2 Å². The van der Waals surface area contributed by atoms with Crippen LogP contribution < -0.4 is 0 Å². The van der Waals surface area contributed by atoms with Gasteiger partial charge in [0.15, 0.2) is 0 Å². The number of alkyl halides is 1. The Morgan fingerprint density at radius 3 is 2.23 bits per heavy atom. The lowest BCUT2D eigenvalue weighted by molar-refractivity contribution is -0.144. The van der Waals surface area contributed by atoms with E-state index in [1.54, 1.807) is 13.8 Å². The van der Waals surface area contributed by atoms with Crippen molar-refractivity contribution in [1.82, 2.24) is 0 Å². The lowest BCUT2D eigenvalue weighted by Crippen LogP contribution is -2.26. The van der Waals surface area contributed by atoms with Gasteiger partial charge >= 0.3 is 5.97 Å². The number of esters is 1. The van der Waals surface area contributed by atoms with E-state index in [4.69, 9.17) is 4.74 Å². The fourth-order valence-electron chi connectivity index (χ4n) is 0.355. The monoisotopic (exact) mass is 536 g/mol. The van der Waals surface area contributed by atoms with Crippen LogP contribution in [0.1, 0.15) is 13.8 Å². The predicted molar refractivity (Wildman–Crippen MR) is 78.0 cm³/mol. The molecule has 0 heterocycles. The van der Waals surface area contributed by atoms with Crippen molar-refractivity contribution < 1.29 is 9.53 Å². The first kappa shape index (κ1) is 14.6. The molecular formula is C7H8Br2I2O2. The third-order valence-electron chi connectivity index (χ3n) is 1.02. The van der Waals surface area contributed by atoms with Gasteiger partial charge in [-0.25, -0.2) is 0 Å². The van der Waals surface area contributed by atoms with Crippen LogP contribution in [-0.4, -0.2) is 16.9 Å². The van der Waals surface area contributed by atoms with E-state index in [-0.39, 0.29) is 5.97 Å². The molecule has 0 aliphatic carbocycles. The molecule has 6 heteroatoms. The highest BCUT2D eigenvalue weighted by atomic mass is 127. The fourth-order valence-corrected chi connectivity index (χ4v) is 0.895. The molecule has 0 aromatic rings. The molecule has 0 unspecified atom stereocenters. The number of hydrogen-bond acceptors (Lipinski definition) is 2. The zero-order valence-electron chi connectivity index (χ0n) is 7.04. The van der Waals surface area contributed by atoms with Crippen LogP contribution in [0, 0.1) is 0 Å². The summed E-state index contributed by atoms with van der Waals surface area (Å²) in [4.78, 5) is 11.3. The molecule has 13 heavy (non-hydrogen) atoms. The van der Waals surface area contributed by atoms with Crippen LogP contribution >= 0.6 is 77.0 Å². The number of ether oxygens (including phenoxy) is 1. The van der Waals surface area contributed by atoms with Crippen molar-refractivity contribution in [3.05, 3.63) is 6.07 Å². The highest BCUT2D eigenvalue weighted by Crippen LogP contribution is 2.25. The molecule has 0 fully saturated rings. The average molecular weight is 538 g/mol. The summed E-state index contributed by atoms with van der Waals surface area (Å²) in [6.45, 7) is 3.83. The van der Waals surface area contributed by atoms with Gasteiger partial charge in [0.25, 0.3) is 0 Å². The first-order valence-electron chi connectivity index (χ1n) is 3.31. The molecule has 76 valence electrons. The number of hydrogen-bond donors (Lipinski definition) is 0. The maximum absolute atomic E-state index is 11.3. The van der Waals surface area contributed by atoms with E-state index in [0.29, 0.717) is 6.61 Å². The largest absolute Gasteiger partial charge is 0.459 e. The lowest BCUT2D eigenvalue weighted by Gasteiger charge is -2.14. The summed E-state index contributed by atoms with van der Waals surface area (Å²) in [7, 11) is 0. The third kappa shape index (κ3) is 6.67. The summed E-state index contributed by atoms with van der Waals surface area (Å²) in [5.41, 5.74) is 0. The van der Waals surface area contributed by atoms with Gasteiger partial charge in [-0.05, 0) is 75.0 Å². The molecule has 0 spiro atoms. The molecule has 0 radical (unpaired) electrons. The average Bonchev–Trinajstić information content (AvgIpc) is 1.97. The minimum atomic E-state index is -0.609. The first-order chi connectivity index (χ1) is 5.75. The van der Waals surface area contributed by atoms with Gasteiger partial charge < -0.3 is 4.74 Å². The number of halogens is 4. The quantitative estimate of drug-likeness (QED) is 0.307. The Bertz CT molecular complexity index is 229. The summed E-state index contributed by atoms with van der Waals surface area (Å²) in [5, 5.41) is 0. The Hall–Kier alpha value is 1.63. The van der Waals surface area contributed by atoms with E-state index in [0.717, 1.165) is 6.07 Å². The highest BCUT2D eigenvalue weighted by Gasteiger charge is 2.25. The molecule has 0 aromatic heterocycles. The molecule has 0 saturated heterocycles. The summed E-state index contributed by atoms with van der Waals surface area (Å²) >= 11 is 10.8. The molecule has 0 bridgehead atoms. The van der Waals surface area contributed by atoms with Crippen LogP contribution in [-0.2, 0) is 9.53 Å². The van der Waals surface area contributed by atoms with Crippen LogP contribution in [0.3, 0.4) is 0 Å². The lowest BCUT2D eigenvalue weighted by atomic mass is 10.2. The van der Waals surface area contributed by atoms with Gasteiger partial charge in [-0.3, -0.25) is 4.79 Å². The SMILES string of the molecule is CC(C)(Br)C(=O)OCC(I)=C(Br)I. The minimum Gasteiger partial charge on any atom is -0.459 e. The smallest absolute Gasteiger partial charge is 0.322 e. The number of carbonyl (C=O) groups excluding carboxylic acids is 1. The van der Waals surface area contributed by atoms with E-state index >= 15 is 0 Å². The molecule has 0 N–H and O–H groups in total. The van der Waals surface area contributed by atoms with E-state index in [1.165, 1.54) is 0 Å². The second-order valence-corrected chi connectivity index (χ2v) is 9.35. The summed E-state index contributed by atoms with van der Waals surface area (Å²) in [6.07, 6.45) is 0. The standard InChI is InChI=1S/C7H8Br2I2O2/c1-7(2,9)6(12)13-3-4(10)5(8)11/h3H2,1-2H3. The molecule has 0 rings (SSSR count). The Morgan fingerprint density at radius 2 is 1.92 bits per heavy atom. The molecule has 0 aliphatic heterocycles. The van der Waals surface area contributed by atoms with Gasteiger partial charge in [0, 0.05) is 3.58 Å². The van der Waals surface area contributed by atoms with Crippen LogP contribution in [0.5, 0.6) is 0 Å². The van der Waals surface area contributed by atoms with Gasteiger partial charge in [-0.15, -0.1) is 0 Å². The summed E-state index contributed by atoms with van der Waals surface area (Å²) < 4.78 is 6.37. The third-order valence-corrected chi connectivity index (χ3v) is 5.10. The zero-order chi connectivity index (χ0) is 10.6. The van der Waals surface area contributed by atoms with Crippen molar-refractivity contribution in [1.29, 1.82) is 0 Å². The molecule has 0 aliphatic rings. The van der Waals surface area contributed by atoms with E-state index < -0.39 is 4.32 Å². The Morgan fingerprint density at radius 1 is 1.46 bits per heavy atom. The summed E-state index contributed by atoms with van der Waals surface area (Å²) in [6, 6.07) is 0. The predicted octanol–water partition coefficient (Wildman–Crippen LogP) is 4.14. The maximum atomic E-state index is 11.3. The van der Waals surface area contributed by atoms with Crippen molar-refractivity contribution in [2.75, 3.05) is 6.61 Å². The first-order valence-corrected chi connectivity index (χ1v) is 7.05. The van der Waals surface area contributed by atoms with Crippen LogP contribution in [0.4, 0.5) is 0 Å². The fraction of sp³-hybridized carbons (Fsp3) is 0.571. The Kier molecular flexibility index (Phi) is 7.05. The van der Waals surface area contributed by atoms with E-state index in [9.17, 15) is 4.79 Å². The van der Waals surface area contributed by atoms with Gasteiger partial charge in [-0.2, -0.15) is 0 Å². The van der Waals surface area contributed by atoms with E-state index in [1.807, 2.05) is 0 Å². The number of carbonyl (C=O) groups is 1. The zero-order valence-corrected chi connectivity index (χ0v) is 14.5. The Labute approximate surface area is 122 Å². The van der Waals surface area contributed by atoms with E-state index in [2.05, 4.69) is 77.0 Å². The normalized spacial score (nSPS) is 13.7. The number of rotatable bonds is 3. The Balaban J connectivity index is 4.07. The minimum absolute atomic E-state index is 0.258. The second-order valence-electron chi connectivity index (χ2n) is 2.71. The van der Waals surface area contributed by atoms with Crippen molar-refractivity contribution in [3.8, 4) is 0 Å². The van der Waals surface area contributed by atoms with Crippen molar-refractivity contribution in [3.63, 3.8) is 0 Å². The molecular weight excluding hydrogens is 530 g/mol. The van der Waals surface area contributed by atoms with Gasteiger partial charge in [0.2, 0.25) is 0 Å². The van der Waals surface area contributed by atoms with Gasteiger partial charge in [-0.1, -0.05) is 15.9 Å². The van der Waals surface area contributed by atoms with Crippen LogP contribution in [0.2, 0.25) is 0 Å². The topological polar surface area (TPSA) is 26.3 Å². The molecule has 0 aromatic carbocycles. The molecule has 0 amide bonds. The molecule has 2 nitrogen and oxygen atoms in total. The van der Waals surface area contributed by atoms with Gasteiger partial charge in [0.05, 0.1) is 2.49 Å². The maximum Gasteiger partial charge on any atom is 0.322 e.